The molecule has 0 aromatic carbocycles. The van der Waals surface area contributed by atoms with E-state index in [4.69, 9.17) is 3.32 Å². The molecule has 0 saturated heterocycles. The van der Waals surface area contributed by atoms with Crippen molar-refractivity contribution in [1.82, 2.24) is 0 Å². The van der Waals surface area contributed by atoms with Crippen LogP contribution in [-0.2, 0) is 57.6 Å². The van der Waals surface area contributed by atoms with Crippen LogP contribution in [0.25, 0.3) is 0 Å². The van der Waals surface area contributed by atoms with Crippen molar-refractivity contribution >= 4 is 0 Å². The SMILES string of the molecule is [O]=[Ti].[Ta][Ir]. The summed E-state index contributed by atoms with van der Waals surface area (Å²) in [4.78, 5) is 0. The van der Waals surface area contributed by atoms with Crippen LogP contribution in [-0.4, -0.2) is 0 Å². The molecular weight excluding hydrogens is 437 g/mol. The second-order valence-electron chi connectivity index (χ2n) is 0. The Morgan fingerprint density at radius 3 is 1.50 bits per heavy atom. The summed E-state index contributed by atoms with van der Waals surface area (Å²) in [6.45, 7) is 0. The molecule has 0 N–H and O–H groups in total. The first-order valence-electron chi connectivity index (χ1n) is 0.353. The van der Waals surface area contributed by atoms with Gasteiger partial charge in [0.1, 0.15) is 0 Å². The standard InChI is InChI=1S/Ir.O.Ta.Ti. The zero-order chi connectivity index (χ0) is 4.00. The van der Waals surface area contributed by atoms with Gasteiger partial charge in [-0.05, 0) is 0 Å². The zero-order valence-corrected chi connectivity index (χ0v) is 8.86. The fourth-order valence-electron chi connectivity index (χ4n) is 0. The van der Waals surface area contributed by atoms with E-state index in [-0.39, 0.29) is 0 Å². The van der Waals surface area contributed by atoms with E-state index < -0.39 is 0 Å². The topological polar surface area (TPSA) is 17.1 Å². The Balaban J connectivity index is 0. The van der Waals surface area contributed by atoms with Gasteiger partial charge in [-0.25, -0.2) is 0 Å². The van der Waals surface area contributed by atoms with Gasteiger partial charge in [0, 0.05) is 0 Å². The van der Waals surface area contributed by atoms with E-state index >= 15 is 0 Å². The fourth-order valence-corrected chi connectivity index (χ4v) is 0. The third-order valence-corrected chi connectivity index (χ3v) is 0. The number of rotatable bonds is 0. The van der Waals surface area contributed by atoms with Crippen molar-refractivity contribution in [2.45, 2.75) is 0 Å². The Morgan fingerprint density at radius 1 is 1.50 bits per heavy atom. The van der Waals surface area contributed by atoms with Crippen LogP contribution in [0.3, 0.4) is 0 Å². The molecule has 0 amide bonds. The van der Waals surface area contributed by atoms with Crippen LogP contribution >= 0.6 is 0 Å². The van der Waals surface area contributed by atoms with Gasteiger partial charge < -0.3 is 0 Å². The second-order valence-corrected chi connectivity index (χ2v) is 0. The monoisotopic (exact) mass is 438 g/mol. The maximum atomic E-state index is 8.25. The molecule has 0 radical (unpaired) electrons. The van der Waals surface area contributed by atoms with Crippen LogP contribution in [0, 0.1) is 0 Å². The molecule has 1 nitrogen and oxygen atoms in total. The second kappa shape index (κ2) is 20.6. The Kier molecular flexibility index (Phi) is 48.0. The van der Waals surface area contributed by atoms with Crippen molar-refractivity contribution in [3.05, 3.63) is 0 Å². The molecule has 0 saturated carbocycles. The van der Waals surface area contributed by atoms with E-state index in [1.54, 1.807) is 0 Å². The molecule has 0 aromatic rings. The first-order valence-corrected chi connectivity index (χ1v) is 10.8. The van der Waals surface area contributed by atoms with E-state index in [1.807, 2.05) is 0 Å². The summed E-state index contributed by atoms with van der Waals surface area (Å²) in [6, 6.07) is 0. The first-order chi connectivity index (χ1) is 2.00. The van der Waals surface area contributed by atoms with E-state index in [2.05, 4.69) is 15.7 Å². The third-order valence-electron chi connectivity index (χ3n) is 0. The molecule has 0 spiro atoms. The molecule has 4 heavy (non-hydrogen) atoms. The van der Waals surface area contributed by atoms with Gasteiger partial charge in [0.15, 0.2) is 0 Å². The zero-order valence-electron chi connectivity index (χ0n) is 1.69. The summed E-state index contributed by atoms with van der Waals surface area (Å²) in [7, 11) is 0. The van der Waals surface area contributed by atoms with Crippen LogP contribution in [0.1, 0.15) is 0 Å². The molecule has 0 rings (SSSR count). The maximum absolute atomic E-state index is 8.25. The summed E-state index contributed by atoms with van der Waals surface area (Å²) >= 11 is 4.31. The predicted molar refractivity (Wildman–Crippen MR) is 0.686 cm³/mol. The van der Waals surface area contributed by atoms with Gasteiger partial charge in [-0.3, -0.25) is 0 Å². The summed E-state index contributed by atoms with van der Waals surface area (Å²) in [5.41, 5.74) is 0. The van der Waals surface area contributed by atoms with Crippen LogP contribution < -0.4 is 0 Å². The minimum atomic E-state index is 0.750. The average Bonchev–Trinajstić information content (AvgIpc) is 1.50. The van der Waals surface area contributed by atoms with Crippen molar-refractivity contribution in [2.75, 3.05) is 0 Å². The van der Waals surface area contributed by atoms with Crippen LogP contribution in [0.2, 0.25) is 0 Å². The molecular formula is IrOTaTi. The van der Waals surface area contributed by atoms with Crippen molar-refractivity contribution < 1.29 is 57.6 Å². The number of hydrogen-bond donors (Lipinski definition) is 0. The first kappa shape index (κ1) is 9.32. The molecule has 0 aliphatic rings. The van der Waals surface area contributed by atoms with Gasteiger partial charge >= 0.3 is 57.6 Å². The van der Waals surface area contributed by atoms with Gasteiger partial charge in [-0.1, -0.05) is 0 Å². The van der Waals surface area contributed by atoms with Crippen LogP contribution in [0.15, 0.2) is 0 Å². The van der Waals surface area contributed by atoms with E-state index in [1.165, 1.54) is 18.2 Å². The van der Waals surface area contributed by atoms with Crippen molar-refractivity contribution in [2.24, 2.45) is 0 Å². The van der Waals surface area contributed by atoms with Gasteiger partial charge in [0.2, 0.25) is 0 Å². The molecule has 0 fully saturated rings. The van der Waals surface area contributed by atoms with Crippen LogP contribution in [0.5, 0.6) is 0 Å². The summed E-state index contributed by atoms with van der Waals surface area (Å²) in [5, 5.41) is 0. The Hall–Kier alpha value is 1.90. The minimum absolute atomic E-state index is 0.750. The van der Waals surface area contributed by atoms with E-state index in [9.17, 15) is 0 Å². The quantitative estimate of drug-likeness (QED) is 0.484. The molecule has 0 bridgehead atoms. The summed E-state index contributed by atoms with van der Waals surface area (Å²) < 4.78 is 8.25. The molecule has 4 heteroatoms. The summed E-state index contributed by atoms with van der Waals surface area (Å²) in [5.74, 6) is 0. The van der Waals surface area contributed by atoms with Crippen molar-refractivity contribution in [3.63, 3.8) is 0 Å². The normalized spacial score (nSPS) is 2.25. The van der Waals surface area contributed by atoms with Gasteiger partial charge in [0.25, 0.3) is 0 Å². The van der Waals surface area contributed by atoms with Crippen LogP contribution in [0.4, 0.5) is 0 Å². The molecule has 0 unspecified atom stereocenters. The van der Waals surface area contributed by atoms with Gasteiger partial charge in [-0.15, -0.1) is 0 Å². The van der Waals surface area contributed by atoms with E-state index in [0.717, 1.165) is 20.4 Å². The van der Waals surface area contributed by atoms with E-state index in [0.29, 0.717) is 0 Å². The molecule has 0 aromatic heterocycles. The average molecular weight is 437 g/mol. The Labute approximate surface area is 56.9 Å². The summed E-state index contributed by atoms with van der Waals surface area (Å²) in [6.07, 6.45) is 0. The van der Waals surface area contributed by atoms with Crippen molar-refractivity contribution in [3.8, 4) is 0 Å². The third kappa shape index (κ3) is 9.08. The Morgan fingerprint density at radius 2 is 1.50 bits per heavy atom. The molecule has 0 atom stereocenters. The van der Waals surface area contributed by atoms with Crippen molar-refractivity contribution in [1.29, 1.82) is 0 Å². The molecule has 0 aliphatic heterocycles. The molecule has 0 heterocycles. The predicted octanol–water partition coefficient (Wildman–Crippen LogP) is -0.126. The number of hydrogen-bond acceptors (Lipinski definition) is 1. The molecule has 0 aliphatic carbocycles. The van der Waals surface area contributed by atoms with Gasteiger partial charge in [-0.2, -0.15) is 0 Å². The van der Waals surface area contributed by atoms with Gasteiger partial charge in [0.05, 0.1) is 0 Å². The fraction of sp³-hybridized carbons (Fsp3) is 0. The molecule has 24 valence electrons. The Bertz CT molecular complexity index is 8.00.